The van der Waals surface area contributed by atoms with Gasteiger partial charge in [-0.1, -0.05) is 0 Å². The molecule has 0 atom stereocenters. The molecule has 9 heteroatoms. The summed E-state index contributed by atoms with van der Waals surface area (Å²) >= 11 is 0. The summed E-state index contributed by atoms with van der Waals surface area (Å²) in [7, 11) is 0. The van der Waals surface area contributed by atoms with Crippen LogP contribution in [0.5, 0.6) is 0 Å². The lowest BCUT2D eigenvalue weighted by atomic mass is 10.1. The highest BCUT2D eigenvalue weighted by Gasteiger charge is 2.54. The van der Waals surface area contributed by atoms with E-state index in [0.29, 0.717) is 27.7 Å². The summed E-state index contributed by atoms with van der Waals surface area (Å²) in [5.41, 5.74) is -5.88. The van der Waals surface area contributed by atoms with E-state index < -0.39 is 29.7 Å². The maximum Gasteiger partial charge on any atom is 0.509 e. The molecule has 0 aliphatic carbocycles. The minimum Gasteiger partial charge on any atom is -0.419 e. The molecule has 0 radical (unpaired) electrons. The van der Waals surface area contributed by atoms with Crippen molar-refractivity contribution < 1.29 is 40.6 Å². The number of halogens is 6. The van der Waals surface area contributed by atoms with Crippen LogP contribution in [0.1, 0.15) is 27.7 Å². The second-order valence-electron chi connectivity index (χ2n) is 4.47. The van der Waals surface area contributed by atoms with E-state index in [2.05, 4.69) is 9.47 Å². The van der Waals surface area contributed by atoms with E-state index in [9.17, 15) is 31.1 Å². The van der Waals surface area contributed by atoms with Crippen LogP contribution in [0.15, 0.2) is 0 Å². The summed E-state index contributed by atoms with van der Waals surface area (Å²) in [6.45, 7) is 1.98. The van der Waals surface area contributed by atoms with E-state index in [1.54, 1.807) is 0 Å². The first kappa shape index (κ1) is 16.9. The van der Waals surface area contributed by atoms with Gasteiger partial charge in [-0.05, 0) is 27.7 Å². The highest BCUT2D eigenvalue weighted by molar-refractivity contribution is 5.61. The highest BCUT2D eigenvalue weighted by Crippen LogP contribution is 2.36. The molecule has 0 amide bonds. The summed E-state index contributed by atoms with van der Waals surface area (Å²) in [5, 5.41) is 0. The van der Waals surface area contributed by atoms with Gasteiger partial charge in [0, 0.05) is 0 Å². The van der Waals surface area contributed by atoms with Crippen LogP contribution in [0, 0.1) is 0 Å². The summed E-state index contributed by atoms with van der Waals surface area (Å²) < 4.78 is 81.5. The summed E-state index contributed by atoms with van der Waals surface area (Å²) in [5.74, 6) is 0. The second-order valence-corrected chi connectivity index (χ2v) is 4.47. The average Bonchev–Trinajstić information content (AvgIpc) is 1.95. The van der Waals surface area contributed by atoms with Crippen molar-refractivity contribution in [2.75, 3.05) is 0 Å². The number of hydrogen-bond donors (Lipinski definition) is 0. The van der Waals surface area contributed by atoms with Crippen molar-refractivity contribution >= 4 is 6.16 Å². The van der Waals surface area contributed by atoms with E-state index in [4.69, 9.17) is 0 Å². The molecule has 0 heterocycles. The van der Waals surface area contributed by atoms with Crippen LogP contribution in [0.25, 0.3) is 0 Å². The van der Waals surface area contributed by atoms with Gasteiger partial charge in [-0.15, -0.1) is 0 Å². The number of alkyl halides is 6. The van der Waals surface area contributed by atoms with Gasteiger partial charge >= 0.3 is 18.5 Å². The van der Waals surface area contributed by atoms with E-state index in [1.807, 2.05) is 0 Å². The first-order chi connectivity index (χ1) is 7.60. The zero-order chi connectivity index (χ0) is 15.0. The molecule has 0 aromatic rings. The predicted molar refractivity (Wildman–Crippen MR) is 47.8 cm³/mol. The Morgan fingerprint density at radius 2 is 0.944 bits per heavy atom. The zero-order valence-electron chi connectivity index (χ0n) is 9.99. The molecular weight excluding hydrogens is 270 g/mol. The standard InChI is InChI=1S/C9H12F6O3/c1-6(2,8(10,11)12)17-5(16)18-7(3,4)9(13,14)15/h1-4H3. The van der Waals surface area contributed by atoms with Crippen molar-refractivity contribution in [3.8, 4) is 0 Å². The monoisotopic (exact) mass is 282 g/mol. The van der Waals surface area contributed by atoms with E-state index >= 15 is 0 Å². The number of carbonyl (C=O) groups is 1. The molecule has 0 rings (SSSR count). The van der Waals surface area contributed by atoms with Crippen molar-refractivity contribution in [2.24, 2.45) is 0 Å². The highest BCUT2D eigenvalue weighted by atomic mass is 19.4. The maximum absolute atomic E-state index is 12.3. The van der Waals surface area contributed by atoms with Crippen LogP contribution in [0.2, 0.25) is 0 Å². The average molecular weight is 282 g/mol. The Kier molecular flexibility index (Phi) is 4.22. The number of hydrogen-bond acceptors (Lipinski definition) is 3. The van der Waals surface area contributed by atoms with Gasteiger partial charge in [0.1, 0.15) is 0 Å². The minimum atomic E-state index is -4.92. The maximum atomic E-state index is 12.3. The lowest BCUT2D eigenvalue weighted by Crippen LogP contribution is -2.48. The van der Waals surface area contributed by atoms with Crippen molar-refractivity contribution in [2.45, 2.75) is 51.2 Å². The molecule has 0 N–H and O–H groups in total. The van der Waals surface area contributed by atoms with Gasteiger partial charge in [-0.2, -0.15) is 26.3 Å². The van der Waals surface area contributed by atoms with Crippen LogP contribution in [0.3, 0.4) is 0 Å². The first-order valence-electron chi connectivity index (χ1n) is 4.65. The number of ether oxygens (including phenoxy) is 2. The molecule has 0 unspecified atom stereocenters. The van der Waals surface area contributed by atoms with Gasteiger partial charge in [-0.25, -0.2) is 4.79 Å². The SMILES string of the molecule is CC(C)(OC(=O)OC(C)(C)C(F)(F)F)C(F)(F)F. The smallest absolute Gasteiger partial charge is 0.419 e. The van der Waals surface area contributed by atoms with Crippen LogP contribution < -0.4 is 0 Å². The van der Waals surface area contributed by atoms with Gasteiger partial charge in [0.25, 0.3) is 0 Å². The minimum absolute atomic E-state index is 0.495. The summed E-state index contributed by atoms with van der Waals surface area (Å²) in [6.07, 6.45) is -11.9. The molecule has 0 spiro atoms. The Bertz CT molecular complexity index is 285. The lowest BCUT2D eigenvalue weighted by Gasteiger charge is -2.31. The van der Waals surface area contributed by atoms with Crippen molar-refractivity contribution in [3.05, 3.63) is 0 Å². The van der Waals surface area contributed by atoms with Gasteiger partial charge in [0.15, 0.2) is 0 Å². The van der Waals surface area contributed by atoms with Crippen LogP contribution in [-0.4, -0.2) is 29.7 Å². The number of rotatable bonds is 2. The van der Waals surface area contributed by atoms with Crippen molar-refractivity contribution in [1.82, 2.24) is 0 Å². The molecule has 0 aromatic heterocycles. The second kappa shape index (κ2) is 4.51. The topological polar surface area (TPSA) is 35.5 Å². The third-order valence-electron chi connectivity index (χ3n) is 2.04. The molecular formula is C9H12F6O3. The first-order valence-corrected chi connectivity index (χ1v) is 4.65. The Labute approximate surface area is 99.0 Å². The zero-order valence-corrected chi connectivity index (χ0v) is 9.99. The Balaban J connectivity index is 4.75. The molecule has 0 bridgehead atoms. The lowest BCUT2D eigenvalue weighted by molar-refractivity contribution is -0.273. The Hall–Kier alpha value is -1.15. The molecule has 0 fully saturated rings. The van der Waals surface area contributed by atoms with Gasteiger partial charge in [0.05, 0.1) is 0 Å². The fourth-order valence-electron chi connectivity index (χ4n) is 0.553. The summed E-state index contributed by atoms with van der Waals surface area (Å²) in [6, 6.07) is 0. The van der Waals surface area contributed by atoms with Crippen molar-refractivity contribution in [1.29, 1.82) is 0 Å². The molecule has 18 heavy (non-hydrogen) atoms. The van der Waals surface area contributed by atoms with E-state index in [1.165, 1.54) is 0 Å². The molecule has 0 aromatic carbocycles. The molecule has 108 valence electrons. The molecule has 0 saturated heterocycles. The van der Waals surface area contributed by atoms with Crippen LogP contribution in [0.4, 0.5) is 31.1 Å². The number of carbonyl (C=O) groups excluding carboxylic acids is 1. The third kappa shape index (κ3) is 3.95. The van der Waals surface area contributed by atoms with E-state index in [0.717, 1.165) is 0 Å². The largest absolute Gasteiger partial charge is 0.509 e. The third-order valence-corrected chi connectivity index (χ3v) is 2.04. The molecule has 0 saturated carbocycles. The van der Waals surface area contributed by atoms with Gasteiger partial charge < -0.3 is 9.47 Å². The van der Waals surface area contributed by atoms with Crippen molar-refractivity contribution in [3.63, 3.8) is 0 Å². The Morgan fingerprint density at radius 3 is 1.11 bits per heavy atom. The fraction of sp³-hybridized carbons (Fsp3) is 0.889. The fourth-order valence-corrected chi connectivity index (χ4v) is 0.553. The Morgan fingerprint density at radius 1 is 0.722 bits per heavy atom. The van der Waals surface area contributed by atoms with Gasteiger partial charge in [0.2, 0.25) is 11.2 Å². The molecule has 0 aliphatic heterocycles. The quantitative estimate of drug-likeness (QED) is 0.570. The van der Waals surface area contributed by atoms with Gasteiger partial charge in [-0.3, -0.25) is 0 Å². The summed E-state index contributed by atoms with van der Waals surface area (Å²) in [4.78, 5) is 10.9. The van der Waals surface area contributed by atoms with E-state index in [-0.39, 0.29) is 0 Å². The van der Waals surface area contributed by atoms with Crippen LogP contribution >= 0.6 is 0 Å². The molecule has 0 aliphatic rings. The molecule has 3 nitrogen and oxygen atoms in total. The van der Waals surface area contributed by atoms with Crippen LogP contribution in [-0.2, 0) is 9.47 Å². The predicted octanol–water partition coefficient (Wildman–Crippen LogP) is 3.82. The normalized spacial score (nSPS) is 14.3.